The third kappa shape index (κ3) is 4.90. The second kappa shape index (κ2) is 8.46. The number of ether oxygens (including phenoxy) is 1. The summed E-state index contributed by atoms with van der Waals surface area (Å²) in [7, 11) is 0. The molecule has 1 aromatic carbocycles. The Hall–Kier alpha value is -1.82. The van der Waals surface area contributed by atoms with Crippen molar-refractivity contribution < 1.29 is 4.74 Å². The first-order valence-corrected chi connectivity index (χ1v) is 7.76. The van der Waals surface area contributed by atoms with Gasteiger partial charge in [0.2, 0.25) is 0 Å². The molecule has 2 N–H and O–H groups in total. The highest BCUT2D eigenvalue weighted by atomic mass is 79.9. The van der Waals surface area contributed by atoms with E-state index in [9.17, 15) is 0 Å². The number of nitrogens with one attached hydrogen (secondary N) is 2. The van der Waals surface area contributed by atoms with Crippen molar-refractivity contribution in [3.05, 3.63) is 41.1 Å². The van der Waals surface area contributed by atoms with Crippen LogP contribution in [0.5, 0.6) is 5.75 Å². The summed E-state index contributed by atoms with van der Waals surface area (Å²) in [6.45, 7) is 4.30. The fraction of sp³-hybridized carbons (Fsp3) is 0.333. The second-order valence-electron chi connectivity index (χ2n) is 4.36. The number of rotatable bonds is 8. The van der Waals surface area contributed by atoms with Crippen LogP contribution in [-0.4, -0.2) is 29.7 Å². The maximum absolute atomic E-state index is 5.64. The Morgan fingerprint density at radius 3 is 2.52 bits per heavy atom. The summed E-state index contributed by atoms with van der Waals surface area (Å²) in [5, 5.41) is 6.46. The molecule has 0 aliphatic heterocycles. The average Bonchev–Trinajstić information content (AvgIpc) is 2.51. The molecule has 0 fully saturated rings. The summed E-state index contributed by atoms with van der Waals surface area (Å²) in [6, 6.07) is 9.82. The number of aromatic nitrogens is 2. The highest BCUT2D eigenvalue weighted by molar-refractivity contribution is 9.10. The molecular weight excluding hydrogens is 332 g/mol. The third-order valence-electron chi connectivity index (χ3n) is 2.76. The van der Waals surface area contributed by atoms with E-state index in [1.807, 2.05) is 37.3 Å². The van der Waals surface area contributed by atoms with Crippen LogP contribution >= 0.6 is 15.9 Å². The number of nitrogens with zero attached hydrogens (tertiary/aromatic N) is 2. The minimum absolute atomic E-state index is 0.666. The largest absolute Gasteiger partial charge is 0.494 e. The molecule has 1 aromatic heterocycles. The molecule has 5 nitrogen and oxygen atoms in total. The molecule has 0 saturated carbocycles. The van der Waals surface area contributed by atoms with E-state index in [0.29, 0.717) is 6.61 Å². The molecule has 21 heavy (non-hydrogen) atoms. The molecule has 0 amide bonds. The number of hydrogen-bond donors (Lipinski definition) is 2. The Kier molecular flexibility index (Phi) is 6.27. The second-order valence-corrected chi connectivity index (χ2v) is 5.15. The van der Waals surface area contributed by atoms with Gasteiger partial charge >= 0.3 is 0 Å². The molecule has 112 valence electrons. The predicted molar refractivity (Wildman–Crippen MR) is 88.9 cm³/mol. The van der Waals surface area contributed by atoms with Crippen molar-refractivity contribution in [2.75, 3.05) is 30.3 Å². The number of hydrogen-bond acceptors (Lipinski definition) is 5. The Balaban J connectivity index is 1.75. The predicted octanol–water partition coefficient (Wildman–Crippen LogP) is 3.55. The van der Waals surface area contributed by atoms with Crippen LogP contribution in [0.3, 0.4) is 0 Å². The van der Waals surface area contributed by atoms with E-state index in [0.717, 1.165) is 41.4 Å². The number of benzene rings is 1. The van der Waals surface area contributed by atoms with E-state index in [1.165, 1.54) is 0 Å². The van der Waals surface area contributed by atoms with E-state index in [4.69, 9.17) is 4.74 Å². The molecule has 2 aromatic rings. The highest BCUT2D eigenvalue weighted by Gasteiger charge is 2.06. The Labute approximate surface area is 133 Å². The van der Waals surface area contributed by atoms with E-state index in [1.54, 1.807) is 6.33 Å². The lowest BCUT2D eigenvalue weighted by molar-refractivity contribution is 0.315. The van der Waals surface area contributed by atoms with Gasteiger partial charge in [-0.05, 0) is 41.4 Å². The molecule has 0 radical (unpaired) electrons. The van der Waals surface area contributed by atoms with Gasteiger partial charge in [-0.25, -0.2) is 9.97 Å². The Bertz CT molecular complexity index is 551. The van der Waals surface area contributed by atoms with Crippen molar-refractivity contribution in [2.24, 2.45) is 0 Å². The van der Waals surface area contributed by atoms with Gasteiger partial charge in [0, 0.05) is 13.1 Å². The van der Waals surface area contributed by atoms with Gasteiger partial charge in [-0.3, -0.25) is 0 Å². The molecular formula is C15H19BrN4O. The van der Waals surface area contributed by atoms with Gasteiger partial charge in [0.05, 0.1) is 6.61 Å². The van der Waals surface area contributed by atoms with Crippen LogP contribution in [0, 0.1) is 0 Å². The lowest BCUT2D eigenvalue weighted by Gasteiger charge is -2.11. The van der Waals surface area contributed by atoms with Crippen molar-refractivity contribution in [1.29, 1.82) is 0 Å². The molecule has 0 spiro atoms. The van der Waals surface area contributed by atoms with Crippen molar-refractivity contribution >= 4 is 27.6 Å². The summed E-state index contributed by atoms with van der Waals surface area (Å²) in [6.07, 6.45) is 2.44. The van der Waals surface area contributed by atoms with Crippen molar-refractivity contribution in [3.63, 3.8) is 0 Å². The number of anilines is 2. The normalized spacial score (nSPS) is 10.2. The van der Waals surface area contributed by atoms with Gasteiger partial charge in [-0.1, -0.05) is 18.2 Å². The maximum atomic E-state index is 5.64. The number of para-hydroxylation sites is 1. The quantitative estimate of drug-likeness (QED) is 0.713. The first kappa shape index (κ1) is 15.6. The van der Waals surface area contributed by atoms with Crippen LogP contribution in [0.1, 0.15) is 13.3 Å². The molecule has 0 aliphatic rings. The van der Waals surface area contributed by atoms with Crippen LogP contribution in [0.15, 0.2) is 41.1 Å². The van der Waals surface area contributed by atoms with Crippen LogP contribution in [0.4, 0.5) is 11.6 Å². The molecule has 0 aliphatic carbocycles. The van der Waals surface area contributed by atoms with Gasteiger partial charge < -0.3 is 15.4 Å². The molecule has 0 bridgehead atoms. The lowest BCUT2D eigenvalue weighted by atomic mass is 10.3. The summed E-state index contributed by atoms with van der Waals surface area (Å²) < 4.78 is 6.50. The summed E-state index contributed by atoms with van der Waals surface area (Å²) in [5.74, 6) is 2.49. The summed E-state index contributed by atoms with van der Waals surface area (Å²) >= 11 is 3.51. The molecule has 6 heteroatoms. The fourth-order valence-electron chi connectivity index (χ4n) is 1.77. The van der Waals surface area contributed by atoms with Crippen LogP contribution in [0.2, 0.25) is 0 Å². The topological polar surface area (TPSA) is 59.1 Å². The van der Waals surface area contributed by atoms with Crippen LogP contribution in [0.25, 0.3) is 0 Å². The SMILES string of the molecule is CCNc1ncnc(NCCCOc2ccccc2)c1Br. The van der Waals surface area contributed by atoms with Crippen LogP contribution in [-0.2, 0) is 0 Å². The van der Waals surface area contributed by atoms with E-state index >= 15 is 0 Å². The zero-order valence-corrected chi connectivity index (χ0v) is 13.6. The Morgan fingerprint density at radius 1 is 1.10 bits per heavy atom. The first-order chi connectivity index (χ1) is 10.3. The smallest absolute Gasteiger partial charge is 0.145 e. The minimum atomic E-state index is 0.666. The average molecular weight is 351 g/mol. The highest BCUT2D eigenvalue weighted by Crippen LogP contribution is 2.26. The zero-order chi connectivity index (χ0) is 14.9. The van der Waals surface area contributed by atoms with Crippen LogP contribution < -0.4 is 15.4 Å². The zero-order valence-electron chi connectivity index (χ0n) is 12.0. The van der Waals surface area contributed by atoms with E-state index < -0.39 is 0 Å². The molecule has 2 rings (SSSR count). The third-order valence-corrected chi connectivity index (χ3v) is 3.51. The summed E-state index contributed by atoms with van der Waals surface area (Å²) in [4.78, 5) is 8.41. The van der Waals surface area contributed by atoms with Gasteiger partial charge in [0.1, 0.15) is 28.2 Å². The molecule has 0 saturated heterocycles. The lowest BCUT2D eigenvalue weighted by Crippen LogP contribution is -2.10. The fourth-order valence-corrected chi connectivity index (χ4v) is 2.25. The standard InChI is InChI=1S/C15H19BrN4O/c1-2-17-14-13(16)15(20-11-19-14)18-9-6-10-21-12-7-4-3-5-8-12/h3-5,7-8,11H,2,6,9-10H2,1H3,(H2,17,18,19,20). The molecule has 0 unspecified atom stereocenters. The summed E-state index contributed by atoms with van der Waals surface area (Å²) in [5.41, 5.74) is 0. The van der Waals surface area contributed by atoms with Crippen molar-refractivity contribution in [2.45, 2.75) is 13.3 Å². The first-order valence-electron chi connectivity index (χ1n) is 6.97. The van der Waals surface area contributed by atoms with Gasteiger partial charge in [-0.15, -0.1) is 0 Å². The Morgan fingerprint density at radius 2 is 1.81 bits per heavy atom. The van der Waals surface area contributed by atoms with E-state index in [-0.39, 0.29) is 0 Å². The maximum Gasteiger partial charge on any atom is 0.145 e. The van der Waals surface area contributed by atoms with Crippen molar-refractivity contribution in [1.82, 2.24) is 9.97 Å². The minimum Gasteiger partial charge on any atom is -0.494 e. The van der Waals surface area contributed by atoms with Gasteiger partial charge in [0.25, 0.3) is 0 Å². The number of halogens is 1. The van der Waals surface area contributed by atoms with Gasteiger partial charge in [0.15, 0.2) is 0 Å². The monoisotopic (exact) mass is 350 g/mol. The molecule has 0 atom stereocenters. The van der Waals surface area contributed by atoms with Crippen molar-refractivity contribution in [3.8, 4) is 5.75 Å². The van der Waals surface area contributed by atoms with Gasteiger partial charge in [-0.2, -0.15) is 0 Å². The van der Waals surface area contributed by atoms with E-state index in [2.05, 4.69) is 36.5 Å². The molecule has 1 heterocycles.